The fraction of sp³-hybridized carbons (Fsp3) is 0.500. The molecule has 0 aliphatic carbocycles. The van der Waals surface area contributed by atoms with E-state index in [2.05, 4.69) is 11.8 Å². The Labute approximate surface area is 62.2 Å². The zero-order chi connectivity index (χ0) is 8.24. The van der Waals surface area contributed by atoms with Gasteiger partial charge in [-0.05, 0) is 13.8 Å². The van der Waals surface area contributed by atoms with Gasteiger partial charge in [-0.2, -0.15) is 0 Å². The molecule has 0 radical (unpaired) electrons. The highest BCUT2D eigenvalue weighted by molar-refractivity contribution is 4.97. The first-order valence-electron chi connectivity index (χ1n) is 3.08. The third-order valence-corrected chi connectivity index (χ3v) is 0.616. The van der Waals surface area contributed by atoms with Crippen molar-refractivity contribution in [1.29, 1.82) is 0 Å². The van der Waals surface area contributed by atoms with Crippen LogP contribution in [0, 0.1) is 11.8 Å². The van der Waals surface area contributed by atoms with Crippen LogP contribution in [0.5, 0.6) is 0 Å². The molecule has 0 aromatic rings. The Balaban J connectivity index is 0. The number of aliphatic hydroxyl groups is 2. The molecule has 2 nitrogen and oxygen atoms in total. The molecule has 58 valence electrons. The Hall–Kier alpha value is -0.780. The molecule has 0 aromatic carbocycles. The van der Waals surface area contributed by atoms with E-state index < -0.39 is 0 Å². The second kappa shape index (κ2) is 15.7. The first kappa shape index (κ1) is 12.0. The molecule has 0 aliphatic rings. The summed E-state index contributed by atoms with van der Waals surface area (Å²) in [6, 6.07) is 0. The second-order valence-electron chi connectivity index (χ2n) is 1.34. The summed E-state index contributed by atoms with van der Waals surface area (Å²) in [4.78, 5) is 0. The van der Waals surface area contributed by atoms with Crippen LogP contribution >= 0.6 is 0 Å². The van der Waals surface area contributed by atoms with Crippen LogP contribution in [0.2, 0.25) is 0 Å². The van der Waals surface area contributed by atoms with Crippen molar-refractivity contribution >= 4 is 0 Å². The van der Waals surface area contributed by atoms with Crippen LogP contribution < -0.4 is 0 Å². The molecule has 10 heavy (non-hydrogen) atoms. The lowest BCUT2D eigenvalue weighted by atomic mass is 10.6. The molecule has 2 N–H and O–H groups in total. The summed E-state index contributed by atoms with van der Waals surface area (Å²) in [5, 5.41) is 15.8. The van der Waals surface area contributed by atoms with Gasteiger partial charge in [0.15, 0.2) is 0 Å². The molecule has 0 unspecified atom stereocenters. The summed E-state index contributed by atoms with van der Waals surface area (Å²) in [5.74, 6) is 4.51. The van der Waals surface area contributed by atoms with Crippen molar-refractivity contribution in [1.82, 2.24) is 0 Å². The summed E-state index contributed by atoms with van der Waals surface area (Å²) in [5.41, 5.74) is 0. The summed E-state index contributed by atoms with van der Waals surface area (Å²) < 4.78 is 0. The number of aliphatic hydroxyl groups excluding tert-OH is 2. The Kier molecular flexibility index (Phi) is 18.8. The first-order valence-corrected chi connectivity index (χ1v) is 3.08. The van der Waals surface area contributed by atoms with E-state index in [-0.39, 0.29) is 13.2 Å². The van der Waals surface area contributed by atoms with E-state index in [1.165, 1.54) is 0 Å². The molecule has 0 atom stereocenters. The van der Waals surface area contributed by atoms with E-state index in [4.69, 9.17) is 10.2 Å². The molecular formula is C8H14O2. The maximum absolute atomic E-state index is 7.91. The highest BCUT2D eigenvalue weighted by Gasteiger charge is 1.57. The predicted molar refractivity (Wildman–Crippen MR) is 42.4 cm³/mol. The van der Waals surface area contributed by atoms with E-state index >= 15 is 0 Å². The number of hydrogen-bond acceptors (Lipinski definition) is 2. The smallest absolute Gasteiger partial charge is 0.104 e. The topological polar surface area (TPSA) is 40.5 Å². The average Bonchev–Trinajstić information content (AvgIpc) is 2.01. The lowest BCUT2D eigenvalue weighted by Gasteiger charge is -1.66. The van der Waals surface area contributed by atoms with Crippen molar-refractivity contribution in [3.63, 3.8) is 0 Å². The standard InChI is InChI=1S/C4H6O2.C4H8/c5-3-1-2-4-6;1-3-4-2/h5-6H,3-4H2;3-4H,1-2H3. The largest absolute Gasteiger partial charge is 0.384 e. The fourth-order valence-electron chi connectivity index (χ4n) is 0.112. The number of allylic oxidation sites excluding steroid dienone is 2. The van der Waals surface area contributed by atoms with Crippen LogP contribution in [0.25, 0.3) is 0 Å². The number of rotatable bonds is 0. The zero-order valence-electron chi connectivity index (χ0n) is 6.46. The van der Waals surface area contributed by atoms with Gasteiger partial charge < -0.3 is 10.2 Å². The molecule has 0 aliphatic heterocycles. The molecule has 0 bridgehead atoms. The summed E-state index contributed by atoms with van der Waals surface area (Å²) >= 11 is 0. The van der Waals surface area contributed by atoms with E-state index in [9.17, 15) is 0 Å². The fourth-order valence-corrected chi connectivity index (χ4v) is 0.112. The molecule has 0 amide bonds. The quantitative estimate of drug-likeness (QED) is 0.383. The maximum atomic E-state index is 7.91. The van der Waals surface area contributed by atoms with Crippen LogP contribution in [0.4, 0.5) is 0 Å². The minimum Gasteiger partial charge on any atom is -0.384 e. The summed E-state index contributed by atoms with van der Waals surface area (Å²) in [6.45, 7) is 3.67. The van der Waals surface area contributed by atoms with Crippen LogP contribution in [-0.2, 0) is 0 Å². The second-order valence-corrected chi connectivity index (χ2v) is 1.34. The predicted octanol–water partition coefficient (Wildman–Crippen LogP) is 0.557. The van der Waals surface area contributed by atoms with Gasteiger partial charge in [-0.1, -0.05) is 24.0 Å². The minimum absolute atomic E-state index is 0.166. The van der Waals surface area contributed by atoms with Gasteiger partial charge in [0.25, 0.3) is 0 Å². The molecule has 0 saturated heterocycles. The van der Waals surface area contributed by atoms with Crippen molar-refractivity contribution < 1.29 is 10.2 Å². The highest BCUT2D eigenvalue weighted by Crippen LogP contribution is 1.57. The molecular weight excluding hydrogens is 128 g/mol. The van der Waals surface area contributed by atoms with Gasteiger partial charge in [0.2, 0.25) is 0 Å². The SMILES string of the molecule is CC=CC.OCC#CCO. The van der Waals surface area contributed by atoms with Crippen molar-refractivity contribution in [3.8, 4) is 11.8 Å². The molecule has 0 rings (SSSR count). The molecule has 0 aromatic heterocycles. The van der Waals surface area contributed by atoms with Gasteiger partial charge >= 0.3 is 0 Å². The normalized spacial score (nSPS) is 7.60. The van der Waals surface area contributed by atoms with E-state index in [1.54, 1.807) is 0 Å². The average molecular weight is 142 g/mol. The summed E-state index contributed by atoms with van der Waals surface area (Å²) in [7, 11) is 0. The van der Waals surface area contributed by atoms with Gasteiger partial charge in [-0.15, -0.1) is 0 Å². The van der Waals surface area contributed by atoms with Crippen LogP contribution in [-0.4, -0.2) is 23.4 Å². The van der Waals surface area contributed by atoms with Gasteiger partial charge in [-0.3, -0.25) is 0 Å². The van der Waals surface area contributed by atoms with Crippen molar-refractivity contribution in [2.45, 2.75) is 13.8 Å². The zero-order valence-corrected chi connectivity index (χ0v) is 6.46. The monoisotopic (exact) mass is 142 g/mol. The molecule has 2 heteroatoms. The summed E-state index contributed by atoms with van der Waals surface area (Å²) in [6.07, 6.45) is 4.00. The Morgan fingerprint density at radius 3 is 1.40 bits per heavy atom. The Morgan fingerprint density at radius 2 is 1.30 bits per heavy atom. The van der Waals surface area contributed by atoms with Crippen LogP contribution in [0.1, 0.15) is 13.8 Å². The molecule has 0 fully saturated rings. The lowest BCUT2D eigenvalue weighted by Crippen LogP contribution is -1.74. The number of hydrogen-bond donors (Lipinski definition) is 2. The van der Waals surface area contributed by atoms with E-state index in [1.807, 2.05) is 26.0 Å². The van der Waals surface area contributed by atoms with Crippen LogP contribution in [0.3, 0.4) is 0 Å². The molecule has 0 spiro atoms. The van der Waals surface area contributed by atoms with Gasteiger partial charge in [-0.25, -0.2) is 0 Å². The van der Waals surface area contributed by atoms with Crippen molar-refractivity contribution in [3.05, 3.63) is 12.2 Å². The first-order chi connectivity index (χ1) is 4.83. The van der Waals surface area contributed by atoms with Crippen molar-refractivity contribution in [2.75, 3.05) is 13.2 Å². The van der Waals surface area contributed by atoms with Crippen molar-refractivity contribution in [2.24, 2.45) is 0 Å². The Morgan fingerprint density at radius 1 is 1.00 bits per heavy atom. The van der Waals surface area contributed by atoms with E-state index in [0.717, 1.165) is 0 Å². The molecule has 0 heterocycles. The lowest BCUT2D eigenvalue weighted by molar-refractivity contribution is 0.342. The highest BCUT2D eigenvalue weighted by atomic mass is 16.3. The Bertz CT molecular complexity index is 105. The van der Waals surface area contributed by atoms with E-state index in [0.29, 0.717) is 0 Å². The van der Waals surface area contributed by atoms with Crippen LogP contribution in [0.15, 0.2) is 12.2 Å². The van der Waals surface area contributed by atoms with Gasteiger partial charge in [0.05, 0.1) is 0 Å². The molecule has 0 saturated carbocycles. The maximum Gasteiger partial charge on any atom is 0.104 e. The third-order valence-electron chi connectivity index (χ3n) is 0.616. The minimum atomic E-state index is -0.166. The van der Waals surface area contributed by atoms with Gasteiger partial charge in [0.1, 0.15) is 13.2 Å². The third kappa shape index (κ3) is 26.9. The van der Waals surface area contributed by atoms with Gasteiger partial charge in [0, 0.05) is 0 Å².